The first-order valence-electron chi connectivity index (χ1n) is 11.9. The topological polar surface area (TPSA) is 142 Å². The average molecular weight is 524 g/mol. The van der Waals surface area contributed by atoms with Gasteiger partial charge in [-0.15, -0.1) is 0 Å². The van der Waals surface area contributed by atoms with E-state index in [1.807, 2.05) is 10.8 Å². The number of carbonyl (C=O) groups excluding carboxylic acids is 3. The molecule has 12 heteroatoms. The number of carbonyl (C=O) groups is 3. The number of hydrogen-bond donors (Lipinski definition) is 2. The summed E-state index contributed by atoms with van der Waals surface area (Å²) in [5, 5.41) is 15.1. The first-order chi connectivity index (χ1) is 18.0. The van der Waals surface area contributed by atoms with Crippen LogP contribution in [0.5, 0.6) is 0 Å². The Morgan fingerprint density at radius 1 is 1.16 bits per heavy atom. The molecule has 0 atom stereocenters. The molecule has 37 heavy (non-hydrogen) atoms. The molecule has 11 nitrogen and oxygen atoms in total. The maximum Gasteiger partial charge on any atom is 0.324 e. The standard InChI is InChI=1S/C25H29N7O4S/c1-2-36-22(33)5-3-10-29-24(35)32(17-20-8-6-19(15-26)7-9-20)25-30-16-21(37-25)23(34)28-11-4-13-31-14-12-27-18-31/h6-9,12,14,16,18H,2-5,10-11,13,17H2,1H3,(H,28,34)(H,29,35). The second kappa shape index (κ2) is 14.4. The predicted molar refractivity (Wildman–Crippen MR) is 138 cm³/mol. The van der Waals surface area contributed by atoms with E-state index in [1.165, 1.54) is 11.1 Å². The molecular formula is C25H29N7O4S. The number of thiazole rings is 1. The first-order valence-corrected chi connectivity index (χ1v) is 12.7. The summed E-state index contributed by atoms with van der Waals surface area (Å²) in [6.07, 6.45) is 8.12. The minimum absolute atomic E-state index is 0.189. The third-order valence-electron chi connectivity index (χ3n) is 5.19. The van der Waals surface area contributed by atoms with Crippen LogP contribution in [-0.4, -0.2) is 52.1 Å². The summed E-state index contributed by atoms with van der Waals surface area (Å²) in [4.78, 5) is 47.3. The highest BCUT2D eigenvalue weighted by atomic mass is 32.1. The van der Waals surface area contributed by atoms with Crippen LogP contribution in [0.25, 0.3) is 0 Å². The molecule has 0 spiro atoms. The van der Waals surface area contributed by atoms with Crippen molar-refractivity contribution >= 4 is 34.4 Å². The lowest BCUT2D eigenvalue weighted by Gasteiger charge is -2.20. The smallest absolute Gasteiger partial charge is 0.324 e. The van der Waals surface area contributed by atoms with Gasteiger partial charge in [-0.2, -0.15) is 5.26 Å². The maximum atomic E-state index is 13.0. The van der Waals surface area contributed by atoms with Crippen molar-refractivity contribution in [2.75, 3.05) is 24.6 Å². The molecule has 0 bridgehead atoms. The second-order valence-electron chi connectivity index (χ2n) is 7.95. The van der Waals surface area contributed by atoms with E-state index in [0.717, 1.165) is 29.9 Å². The van der Waals surface area contributed by atoms with Crippen LogP contribution in [0.4, 0.5) is 9.93 Å². The van der Waals surface area contributed by atoms with Gasteiger partial charge in [-0.1, -0.05) is 23.5 Å². The number of aryl methyl sites for hydroxylation is 1. The van der Waals surface area contributed by atoms with Crippen LogP contribution in [0.2, 0.25) is 0 Å². The van der Waals surface area contributed by atoms with Crippen LogP contribution in [0.3, 0.4) is 0 Å². The summed E-state index contributed by atoms with van der Waals surface area (Å²) in [6, 6.07) is 8.54. The van der Waals surface area contributed by atoms with Crippen LogP contribution in [0.1, 0.15) is 47.0 Å². The number of rotatable bonds is 13. The second-order valence-corrected chi connectivity index (χ2v) is 8.96. The highest BCUT2D eigenvalue weighted by molar-refractivity contribution is 7.17. The summed E-state index contributed by atoms with van der Waals surface area (Å²) in [6.45, 7) is 3.74. The molecule has 0 saturated heterocycles. The fourth-order valence-corrected chi connectivity index (χ4v) is 4.14. The van der Waals surface area contributed by atoms with Crippen LogP contribution >= 0.6 is 11.3 Å². The van der Waals surface area contributed by atoms with E-state index < -0.39 is 6.03 Å². The summed E-state index contributed by atoms with van der Waals surface area (Å²) >= 11 is 1.11. The molecular weight excluding hydrogens is 494 g/mol. The van der Waals surface area contributed by atoms with Gasteiger partial charge in [0.1, 0.15) is 4.88 Å². The molecule has 2 heterocycles. The molecule has 0 fully saturated rings. The Hall–Kier alpha value is -4.24. The molecule has 0 unspecified atom stereocenters. The number of esters is 1. The molecule has 2 aromatic heterocycles. The molecule has 0 saturated carbocycles. The summed E-state index contributed by atoms with van der Waals surface area (Å²) in [5.41, 5.74) is 1.31. The van der Waals surface area contributed by atoms with Crippen molar-refractivity contribution < 1.29 is 19.1 Å². The van der Waals surface area contributed by atoms with Gasteiger partial charge < -0.3 is 19.9 Å². The number of nitriles is 1. The normalized spacial score (nSPS) is 10.4. The van der Waals surface area contributed by atoms with Gasteiger partial charge in [-0.3, -0.25) is 14.5 Å². The molecule has 194 valence electrons. The van der Waals surface area contributed by atoms with Crippen molar-refractivity contribution in [2.24, 2.45) is 0 Å². The zero-order valence-corrected chi connectivity index (χ0v) is 21.4. The van der Waals surface area contributed by atoms with Crippen molar-refractivity contribution in [1.82, 2.24) is 25.2 Å². The Labute approximate surface area is 219 Å². The molecule has 3 rings (SSSR count). The van der Waals surface area contributed by atoms with Gasteiger partial charge in [0.15, 0.2) is 5.13 Å². The number of hydrogen-bond acceptors (Lipinski definition) is 8. The summed E-state index contributed by atoms with van der Waals surface area (Å²) < 4.78 is 6.84. The predicted octanol–water partition coefficient (Wildman–Crippen LogP) is 3.09. The van der Waals surface area contributed by atoms with E-state index in [4.69, 9.17) is 10.00 Å². The minimum atomic E-state index is -0.408. The highest BCUT2D eigenvalue weighted by Gasteiger charge is 2.21. The van der Waals surface area contributed by atoms with Gasteiger partial charge in [-0.05, 0) is 37.5 Å². The van der Waals surface area contributed by atoms with Crippen molar-refractivity contribution in [3.05, 3.63) is 65.2 Å². The minimum Gasteiger partial charge on any atom is -0.466 e. The van der Waals surface area contributed by atoms with Crippen LogP contribution < -0.4 is 15.5 Å². The summed E-state index contributed by atoms with van der Waals surface area (Å²) in [7, 11) is 0. The lowest BCUT2D eigenvalue weighted by atomic mass is 10.1. The van der Waals surface area contributed by atoms with E-state index in [1.54, 1.807) is 43.7 Å². The Bertz CT molecular complexity index is 1200. The number of nitrogens with zero attached hydrogens (tertiary/aromatic N) is 5. The number of anilines is 1. The first kappa shape index (κ1) is 27.3. The van der Waals surface area contributed by atoms with Crippen LogP contribution in [-0.2, 0) is 22.6 Å². The third kappa shape index (κ3) is 8.73. The molecule has 3 amide bonds. The SMILES string of the molecule is CCOC(=O)CCCNC(=O)N(Cc1ccc(C#N)cc1)c1ncc(C(=O)NCCCn2ccnc2)s1. The molecule has 0 radical (unpaired) electrons. The number of benzene rings is 1. The zero-order valence-electron chi connectivity index (χ0n) is 20.6. The van der Waals surface area contributed by atoms with E-state index in [0.29, 0.717) is 35.1 Å². The van der Waals surface area contributed by atoms with Crippen molar-refractivity contribution in [3.8, 4) is 6.07 Å². The Kier molecular flexibility index (Phi) is 10.6. The molecule has 0 aliphatic carbocycles. The largest absolute Gasteiger partial charge is 0.466 e. The number of amides is 3. The van der Waals surface area contributed by atoms with Gasteiger partial charge in [0, 0.05) is 38.4 Å². The quantitative estimate of drug-likeness (QED) is 0.259. The van der Waals surface area contributed by atoms with E-state index >= 15 is 0 Å². The van der Waals surface area contributed by atoms with Gasteiger partial charge in [-0.25, -0.2) is 14.8 Å². The molecule has 3 aromatic rings. The van der Waals surface area contributed by atoms with Crippen molar-refractivity contribution in [3.63, 3.8) is 0 Å². The maximum absolute atomic E-state index is 13.0. The third-order valence-corrected chi connectivity index (χ3v) is 6.21. The fraction of sp³-hybridized carbons (Fsp3) is 0.360. The van der Waals surface area contributed by atoms with E-state index in [2.05, 4.69) is 26.7 Å². The number of ether oxygens (including phenoxy) is 1. The fourth-order valence-electron chi connectivity index (χ4n) is 3.31. The number of imidazole rings is 1. The van der Waals surface area contributed by atoms with Crippen LogP contribution in [0.15, 0.2) is 49.2 Å². The molecule has 0 aliphatic heterocycles. The van der Waals surface area contributed by atoms with E-state index in [-0.39, 0.29) is 31.4 Å². The molecule has 2 N–H and O–H groups in total. The molecule has 0 aliphatic rings. The van der Waals surface area contributed by atoms with Crippen molar-refractivity contribution in [2.45, 2.75) is 39.3 Å². The highest BCUT2D eigenvalue weighted by Crippen LogP contribution is 2.24. The van der Waals surface area contributed by atoms with E-state index in [9.17, 15) is 14.4 Å². The average Bonchev–Trinajstić information content (AvgIpc) is 3.61. The number of nitrogens with one attached hydrogen (secondary N) is 2. The Balaban J connectivity index is 1.62. The monoisotopic (exact) mass is 523 g/mol. The lowest BCUT2D eigenvalue weighted by Crippen LogP contribution is -2.40. The van der Waals surface area contributed by atoms with Gasteiger partial charge >= 0.3 is 12.0 Å². The van der Waals surface area contributed by atoms with Crippen LogP contribution in [0, 0.1) is 11.3 Å². The van der Waals surface area contributed by atoms with Gasteiger partial charge in [0.2, 0.25) is 0 Å². The summed E-state index contributed by atoms with van der Waals surface area (Å²) in [5.74, 6) is -0.575. The lowest BCUT2D eigenvalue weighted by molar-refractivity contribution is -0.143. The zero-order chi connectivity index (χ0) is 26.5. The number of urea groups is 1. The number of aromatic nitrogens is 3. The Morgan fingerprint density at radius 2 is 1.95 bits per heavy atom. The van der Waals surface area contributed by atoms with Gasteiger partial charge in [0.05, 0.1) is 37.3 Å². The van der Waals surface area contributed by atoms with Crippen molar-refractivity contribution in [1.29, 1.82) is 5.26 Å². The molecule has 1 aromatic carbocycles. The van der Waals surface area contributed by atoms with Gasteiger partial charge in [0.25, 0.3) is 5.91 Å². The Morgan fingerprint density at radius 3 is 2.65 bits per heavy atom.